The molecule has 1 saturated heterocycles. The molecule has 2 N–H and O–H groups in total. The summed E-state index contributed by atoms with van der Waals surface area (Å²) in [4.78, 5) is 14.1. The summed E-state index contributed by atoms with van der Waals surface area (Å²) < 4.78 is 98.0. The lowest BCUT2D eigenvalue weighted by atomic mass is 9.92. The van der Waals surface area contributed by atoms with E-state index in [1.165, 1.54) is 18.2 Å². The molecule has 40 heavy (non-hydrogen) atoms. The summed E-state index contributed by atoms with van der Waals surface area (Å²) >= 11 is 0. The Morgan fingerprint density at radius 2 is 1.48 bits per heavy atom. The van der Waals surface area contributed by atoms with Crippen molar-refractivity contribution in [3.63, 3.8) is 0 Å². The third-order valence-corrected chi connectivity index (χ3v) is 6.81. The number of rotatable bonds is 3. The molecule has 0 unspecified atom stereocenters. The topological polar surface area (TPSA) is 59.4 Å². The van der Waals surface area contributed by atoms with Gasteiger partial charge in [0.25, 0.3) is 0 Å². The maximum atomic E-state index is 14.6. The molecule has 12 heteroatoms. The predicted molar refractivity (Wildman–Crippen MR) is 136 cm³/mol. The van der Waals surface area contributed by atoms with E-state index in [9.17, 15) is 30.7 Å². The van der Waals surface area contributed by atoms with Crippen LogP contribution < -0.4 is 10.6 Å². The molecule has 206 valence electrons. The Hall–Kier alpha value is -4.24. The molecule has 5 nitrogen and oxygen atoms in total. The fourth-order valence-electron chi connectivity index (χ4n) is 4.81. The van der Waals surface area contributed by atoms with Crippen LogP contribution in [0.1, 0.15) is 24.0 Å². The number of piperidine rings is 1. The first kappa shape index (κ1) is 27.3. The van der Waals surface area contributed by atoms with Crippen LogP contribution in [0.5, 0.6) is 0 Å². The molecule has 1 aliphatic rings. The number of halogens is 7. The zero-order valence-corrected chi connectivity index (χ0v) is 20.6. The lowest BCUT2D eigenvalue weighted by Crippen LogP contribution is -2.40. The Kier molecular flexibility index (Phi) is 6.87. The molecule has 0 bridgehead atoms. The Balaban J connectivity index is 1.78. The number of nitrogens with zero attached hydrogens (tertiary/aromatic N) is 4. The van der Waals surface area contributed by atoms with Crippen LogP contribution in [0.15, 0.2) is 54.6 Å². The molecule has 2 heterocycles. The number of hydrogen-bond acceptors (Lipinski definition) is 4. The van der Waals surface area contributed by atoms with E-state index in [0.717, 1.165) is 18.2 Å². The number of aromatic nitrogens is 2. The minimum atomic E-state index is -5.07. The third kappa shape index (κ3) is 5.16. The molecule has 0 saturated carbocycles. The maximum absolute atomic E-state index is 14.6. The van der Waals surface area contributed by atoms with Crippen molar-refractivity contribution in [3.05, 3.63) is 83.0 Å². The van der Waals surface area contributed by atoms with E-state index in [0.29, 0.717) is 44.1 Å². The molecule has 0 radical (unpaired) electrons. The summed E-state index contributed by atoms with van der Waals surface area (Å²) in [6.45, 7) is 8.16. The Labute approximate surface area is 223 Å². The van der Waals surface area contributed by atoms with Crippen LogP contribution in [0.3, 0.4) is 0 Å². The van der Waals surface area contributed by atoms with Crippen molar-refractivity contribution in [3.8, 4) is 22.4 Å². The van der Waals surface area contributed by atoms with E-state index in [4.69, 9.17) is 12.3 Å². The van der Waals surface area contributed by atoms with Crippen molar-refractivity contribution >= 4 is 22.5 Å². The van der Waals surface area contributed by atoms with Crippen LogP contribution in [0.4, 0.5) is 42.4 Å². The van der Waals surface area contributed by atoms with Gasteiger partial charge in [-0.15, -0.1) is 0 Å². The summed E-state index contributed by atoms with van der Waals surface area (Å²) in [5, 5.41) is 0.120. The average molecular weight is 559 g/mol. The fraction of sp³-hybridized carbons (Fsp3) is 0.250. The van der Waals surface area contributed by atoms with Crippen LogP contribution in [-0.2, 0) is 12.4 Å². The highest BCUT2D eigenvalue weighted by Crippen LogP contribution is 2.45. The molecular formula is C28H20F7N5. The first-order valence-corrected chi connectivity index (χ1v) is 12.1. The summed E-state index contributed by atoms with van der Waals surface area (Å²) in [5.41, 5.74) is 2.00. The molecule has 1 aliphatic heterocycles. The van der Waals surface area contributed by atoms with Crippen molar-refractivity contribution in [1.29, 1.82) is 0 Å². The number of benzene rings is 3. The summed E-state index contributed by atoms with van der Waals surface area (Å²) in [6.07, 6.45) is -8.80. The van der Waals surface area contributed by atoms with Gasteiger partial charge >= 0.3 is 12.4 Å². The van der Waals surface area contributed by atoms with Gasteiger partial charge in [-0.3, -0.25) is 0 Å². The van der Waals surface area contributed by atoms with Gasteiger partial charge in [0.15, 0.2) is 0 Å². The Bertz CT molecular complexity index is 1600. The lowest BCUT2D eigenvalue weighted by molar-refractivity contribution is -0.142. The molecule has 0 atom stereocenters. The second-order valence-corrected chi connectivity index (χ2v) is 9.43. The van der Waals surface area contributed by atoms with Crippen LogP contribution in [-0.4, -0.2) is 29.1 Å². The molecule has 0 spiro atoms. The van der Waals surface area contributed by atoms with Crippen molar-refractivity contribution in [2.75, 3.05) is 18.0 Å². The van der Waals surface area contributed by atoms with Crippen molar-refractivity contribution in [1.82, 2.24) is 9.97 Å². The number of alkyl halides is 6. The van der Waals surface area contributed by atoms with E-state index < -0.39 is 34.9 Å². The minimum Gasteiger partial charge on any atom is -0.341 e. The van der Waals surface area contributed by atoms with Gasteiger partial charge in [0.05, 0.1) is 28.9 Å². The molecule has 0 amide bonds. The molecule has 3 aromatic carbocycles. The van der Waals surface area contributed by atoms with Gasteiger partial charge in [-0.25, -0.2) is 19.2 Å². The van der Waals surface area contributed by atoms with Crippen LogP contribution in [0.2, 0.25) is 0 Å². The van der Waals surface area contributed by atoms with Gasteiger partial charge in [0.1, 0.15) is 5.82 Å². The standard InChI is InChI=1S/C28H20F7N5/c1-37-23-8-6-16(14-21(23)29)25-18-13-15(24-19(27(30,31)32)3-2-4-20(24)28(33,34)35)5-7-22(18)38-26(39-25)40-11-9-17(36)10-12-40/h2-8,13-14,17H,9-12,36H2. The van der Waals surface area contributed by atoms with Crippen molar-refractivity contribution in [2.45, 2.75) is 31.2 Å². The Morgan fingerprint density at radius 1 is 0.850 bits per heavy atom. The van der Waals surface area contributed by atoms with Gasteiger partial charge in [0, 0.05) is 35.6 Å². The molecule has 4 aromatic rings. The highest BCUT2D eigenvalue weighted by Gasteiger charge is 2.41. The normalized spacial score (nSPS) is 14.9. The predicted octanol–water partition coefficient (Wildman–Crippen LogP) is 7.62. The monoisotopic (exact) mass is 559 g/mol. The van der Waals surface area contributed by atoms with Gasteiger partial charge in [0.2, 0.25) is 11.6 Å². The van der Waals surface area contributed by atoms with E-state index in [1.807, 2.05) is 4.90 Å². The Morgan fingerprint density at radius 3 is 2.05 bits per heavy atom. The van der Waals surface area contributed by atoms with Crippen molar-refractivity contribution < 1.29 is 30.7 Å². The molecule has 1 aromatic heterocycles. The molecule has 5 rings (SSSR count). The molecule has 0 aliphatic carbocycles. The average Bonchev–Trinajstić information content (AvgIpc) is 2.91. The van der Waals surface area contributed by atoms with Crippen LogP contribution in [0.25, 0.3) is 38.1 Å². The lowest BCUT2D eigenvalue weighted by Gasteiger charge is -2.30. The molecular weight excluding hydrogens is 539 g/mol. The molecule has 1 fully saturated rings. The van der Waals surface area contributed by atoms with E-state index >= 15 is 0 Å². The quantitative estimate of drug-likeness (QED) is 0.207. The minimum absolute atomic E-state index is 0.00512. The number of hydrogen-bond donors (Lipinski definition) is 1. The fourth-order valence-corrected chi connectivity index (χ4v) is 4.81. The zero-order valence-electron chi connectivity index (χ0n) is 20.6. The van der Waals surface area contributed by atoms with Gasteiger partial charge in [-0.2, -0.15) is 26.3 Å². The van der Waals surface area contributed by atoms with E-state index in [2.05, 4.69) is 14.8 Å². The highest BCUT2D eigenvalue weighted by atomic mass is 19.4. The summed E-state index contributed by atoms with van der Waals surface area (Å²) in [6, 6.07) is 9.24. The van der Waals surface area contributed by atoms with E-state index in [-0.39, 0.29) is 45.4 Å². The SMILES string of the molecule is [C-]#[N+]c1ccc(-c2nc(N3CCC(N)CC3)nc3ccc(-c4c(C(F)(F)F)cccc4C(F)(F)F)cc23)cc1F. The first-order valence-electron chi connectivity index (χ1n) is 12.1. The summed E-state index contributed by atoms with van der Waals surface area (Å²) in [5.74, 6) is -0.578. The number of anilines is 1. The highest BCUT2D eigenvalue weighted by molar-refractivity contribution is 5.96. The van der Waals surface area contributed by atoms with Gasteiger partial charge in [-0.05, 0) is 48.7 Å². The van der Waals surface area contributed by atoms with E-state index in [1.54, 1.807) is 0 Å². The van der Waals surface area contributed by atoms with Crippen LogP contribution >= 0.6 is 0 Å². The largest absolute Gasteiger partial charge is 0.417 e. The van der Waals surface area contributed by atoms with Crippen molar-refractivity contribution in [2.24, 2.45) is 5.73 Å². The number of fused-ring (bicyclic) bond motifs is 1. The second-order valence-electron chi connectivity index (χ2n) is 9.43. The zero-order chi connectivity index (χ0) is 28.8. The number of nitrogens with two attached hydrogens (primary N) is 1. The first-order chi connectivity index (χ1) is 18.9. The smallest absolute Gasteiger partial charge is 0.341 e. The second kappa shape index (κ2) is 10.1. The van der Waals surface area contributed by atoms with Crippen LogP contribution in [0, 0.1) is 12.4 Å². The van der Waals surface area contributed by atoms with Gasteiger partial charge in [-0.1, -0.05) is 24.3 Å². The van der Waals surface area contributed by atoms with Gasteiger partial charge < -0.3 is 10.6 Å². The maximum Gasteiger partial charge on any atom is 0.417 e. The summed E-state index contributed by atoms with van der Waals surface area (Å²) in [7, 11) is 0. The third-order valence-electron chi connectivity index (χ3n) is 6.81.